The summed E-state index contributed by atoms with van der Waals surface area (Å²) in [4.78, 5) is 4.32. The molecule has 1 aromatic heterocycles. The minimum atomic E-state index is 0.587. The Labute approximate surface area is 125 Å². The van der Waals surface area contributed by atoms with E-state index in [2.05, 4.69) is 23.2 Å². The summed E-state index contributed by atoms with van der Waals surface area (Å²) in [6, 6.07) is 12.3. The highest BCUT2D eigenvalue weighted by Gasteiger charge is 2.37. The maximum absolute atomic E-state index is 5.84. The molecule has 3 heteroatoms. The highest BCUT2D eigenvalue weighted by atomic mass is 16.5. The van der Waals surface area contributed by atoms with Crippen LogP contribution in [-0.2, 0) is 11.3 Å². The summed E-state index contributed by atoms with van der Waals surface area (Å²) in [5.74, 6) is 2.23. The molecule has 110 valence electrons. The monoisotopic (exact) mass is 283 g/mol. The molecule has 0 spiro atoms. The molecule has 1 aliphatic carbocycles. The summed E-state index contributed by atoms with van der Waals surface area (Å²) >= 11 is 0. The normalized spacial score (nSPS) is 20.2. The predicted molar refractivity (Wildman–Crippen MR) is 82.4 cm³/mol. The first-order valence-electron chi connectivity index (χ1n) is 7.47. The van der Waals surface area contributed by atoms with Gasteiger partial charge in [0, 0.05) is 19.9 Å². The van der Waals surface area contributed by atoms with E-state index in [4.69, 9.17) is 9.47 Å². The van der Waals surface area contributed by atoms with Crippen molar-refractivity contribution >= 4 is 0 Å². The van der Waals surface area contributed by atoms with Gasteiger partial charge in [0.1, 0.15) is 12.4 Å². The third-order valence-electron chi connectivity index (χ3n) is 4.03. The van der Waals surface area contributed by atoms with Gasteiger partial charge in [-0.05, 0) is 41.9 Å². The van der Waals surface area contributed by atoms with Crippen molar-refractivity contribution < 1.29 is 9.47 Å². The van der Waals surface area contributed by atoms with E-state index in [0.29, 0.717) is 12.5 Å². The van der Waals surface area contributed by atoms with Gasteiger partial charge >= 0.3 is 0 Å². The lowest BCUT2D eigenvalue weighted by atomic mass is 10.1. The maximum atomic E-state index is 5.84. The summed E-state index contributed by atoms with van der Waals surface area (Å²) in [5.41, 5.74) is 2.47. The van der Waals surface area contributed by atoms with Gasteiger partial charge in [-0.1, -0.05) is 30.3 Å². The van der Waals surface area contributed by atoms with Crippen molar-refractivity contribution in [3.05, 3.63) is 59.9 Å². The standard InChI is InChI=1S/C18H21NO2/c1-20-8-7-15-10-18(15)16-9-17(12-19-11-16)21-13-14-5-3-2-4-6-14/h2-6,9,11-12,15,18H,7-8,10,13H2,1H3/t15-,18?/m0/s1. The highest BCUT2D eigenvalue weighted by molar-refractivity contribution is 5.30. The van der Waals surface area contributed by atoms with Crippen LogP contribution in [0.4, 0.5) is 0 Å². The molecule has 0 saturated heterocycles. The van der Waals surface area contributed by atoms with Gasteiger partial charge < -0.3 is 9.47 Å². The van der Waals surface area contributed by atoms with Crippen molar-refractivity contribution in [3.63, 3.8) is 0 Å². The third kappa shape index (κ3) is 3.82. The van der Waals surface area contributed by atoms with E-state index in [1.165, 1.54) is 17.5 Å². The number of pyridine rings is 1. The van der Waals surface area contributed by atoms with E-state index < -0.39 is 0 Å². The van der Waals surface area contributed by atoms with E-state index in [1.807, 2.05) is 24.4 Å². The molecule has 1 saturated carbocycles. The Bertz CT molecular complexity index is 570. The van der Waals surface area contributed by atoms with Crippen LogP contribution < -0.4 is 4.74 Å². The van der Waals surface area contributed by atoms with Gasteiger partial charge in [-0.25, -0.2) is 0 Å². The summed E-state index contributed by atoms with van der Waals surface area (Å²) in [6.45, 7) is 1.43. The molecule has 1 heterocycles. The third-order valence-corrected chi connectivity index (χ3v) is 4.03. The van der Waals surface area contributed by atoms with Gasteiger partial charge in [0.15, 0.2) is 0 Å². The molecular weight excluding hydrogens is 262 g/mol. The Kier molecular flexibility index (Phi) is 4.51. The van der Waals surface area contributed by atoms with Gasteiger partial charge in [-0.3, -0.25) is 4.98 Å². The average molecular weight is 283 g/mol. The quantitative estimate of drug-likeness (QED) is 0.774. The molecule has 1 aliphatic rings. The van der Waals surface area contributed by atoms with Crippen molar-refractivity contribution in [1.82, 2.24) is 4.98 Å². The molecule has 3 rings (SSSR count). The first kappa shape index (κ1) is 14.1. The number of hydrogen-bond donors (Lipinski definition) is 0. The van der Waals surface area contributed by atoms with Gasteiger partial charge in [-0.15, -0.1) is 0 Å². The van der Waals surface area contributed by atoms with Gasteiger partial charge in [-0.2, -0.15) is 0 Å². The molecule has 1 aromatic carbocycles. The van der Waals surface area contributed by atoms with Crippen LogP contribution in [0.25, 0.3) is 0 Å². The van der Waals surface area contributed by atoms with Gasteiger partial charge in [0.25, 0.3) is 0 Å². The van der Waals surface area contributed by atoms with E-state index in [1.54, 1.807) is 13.3 Å². The fourth-order valence-corrected chi connectivity index (χ4v) is 2.70. The molecular formula is C18H21NO2. The zero-order valence-corrected chi connectivity index (χ0v) is 12.4. The van der Waals surface area contributed by atoms with Crippen molar-refractivity contribution in [3.8, 4) is 5.75 Å². The number of hydrogen-bond acceptors (Lipinski definition) is 3. The summed E-state index contributed by atoms with van der Waals surface area (Å²) < 4.78 is 11.0. The maximum Gasteiger partial charge on any atom is 0.138 e. The van der Waals surface area contributed by atoms with Crippen LogP contribution in [0.5, 0.6) is 5.75 Å². The van der Waals surface area contributed by atoms with Gasteiger partial charge in [0.05, 0.1) is 6.20 Å². The molecule has 0 bridgehead atoms. The average Bonchev–Trinajstić information content (AvgIpc) is 3.32. The second kappa shape index (κ2) is 6.72. The van der Waals surface area contributed by atoms with E-state index in [0.717, 1.165) is 24.7 Å². The van der Waals surface area contributed by atoms with E-state index in [-0.39, 0.29) is 0 Å². The molecule has 1 unspecified atom stereocenters. The van der Waals surface area contributed by atoms with Crippen molar-refractivity contribution in [2.75, 3.05) is 13.7 Å². The summed E-state index contributed by atoms with van der Waals surface area (Å²) in [7, 11) is 1.76. The lowest BCUT2D eigenvalue weighted by Gasteiger charge is -2.07. The zero-order chi connectivity index (χ0) is 14.5. The van der Waals surface area contributed by atoms with Crippen molar-refractivity contribution in [2.24, 2.45) is 5.92 Å². The van der Waals surface area contributed by atoms with Crippen LogP contribution in [0.2, 0.25) is 0 Å². The fraction of sp³-hybridized carbons (Fsp3) is 0.389. The molecule has 1 fully saturated rings. The Morgan fingerprint density at radius 1 is 1.19 bits per heavy atom. The second-order valence-electron chi connectivity index (χ2n) is 5.61. The molecule has 21 heavy (non-hydrogen) atoms. The lowest BCUT2D eigenvalue weighted by molar-refractivity contribution is 0.189. The lowest BCUT2D eigenvalue weighted by Crippen LogP contribution is -1.97. The Morgan fingerprint density at radius 2 is 2.05 bits per heavy atom. The second-order valence-corrected chi connectivity index (χ2v) is 5.61. The molecule has 0 amide bonds. The molecule has 3 nitrogen and oxygen atoms in total. The molecule has 2 atom stereocenters. The summed E-state index contributed by atoms with van der Waals surface area (Å²) in [5, 5.41) is 0. The Morgan fingerprint density at radius 3 is 2.86 bits per heavy atom. The first-order chi connectivity index (χ1) is 10.4. The fourth-order valence-electron chi connectivity index (χ4n) is 2.70. The van der Waals surface area contributed by atoms with Crippen LogP contribution >= 0.6 is 0 Å². The van der Waals surface area contributed by atoms with Crippen LogP contribution in [0.1, 0.15) is 29.9 Å². The largest absolute Gasteiger partial charge is 0.487 e. The topological polar surface area (TPSA) is 31.4 Å². The number of methoxy groups -OCH3 is 1. The smallest absolute Gasteiger partial charge is 0.138 e. The van der Waals surface area contributed by atoms with Crippen molar-refractivity contribution in [1.29, 1.82) is 0 Å². The zero-order valence-electron chi connectivity index (χ0n) is 12.4. The van der Waals surface area contributed by atoms with E-state index in [9.17, 15) is 0 Å². The van der Waals surface area contributed by atoms with Gasteiger partial charge in [0.2, 0.25) is 0 Å². The van der Waals surface area contributed by atoms with E-state index >= 15 is 0 Å². The molecule has 0 N–H and O–H groups in total. The van der Waals surface area contributed by atoms with Crippen LogP contribution in [-0.4, -0.2) is 18.7 Å². The summed E-state index contributed by atoms with van der Waals surface area (Å²) in [6.07, 6.45) is 6.13. The highest BCUT2D eigenvalue weighted by Crippen LogP contribution is 2.49. The van der Waals surface area contributed by atoms with Crippen LogP contribution in [0, 0.1) is 5.92 Å². The molecule has 2 aromatic rings. The molecule has 0 radical (unpaired) electrons. The van der Waals surface area contributed by atoms with Crippen molar-refractivity contribution in [2.45, 2.75) is 25.4 Å². The number of ether oxygens (including phenoxy) is 2. The number of benzene rings is 1. The Balaban J connectivity index is 1.57. The van der Waals surface area contributed by atoms with Crippen LogP contribution in [0.3, 0.4) is 0 Å². The number of nitrogens with zero attached hydrogens (tertiary/aromatic N) is 1. The Hall–Kier alpha value is -1.87. The molecule has 0 aliphatic heterocycles. The number of aromatic nitrogens is 1. The number of rotatable bonds is 7. The van der Waals surface area contributed by atoms with Crippen LogP contribution in [0.15, 0.2) is 48.8 Å². The predicted octanol–water partition coefficient (Wildman–Crippen LogP) is 3.80. The minimum Gasteiger partial charge on any atom is -0.487 e. The SMILES string of the molecule is COCC[C@H]1CC1c1cncc(OCc2ccccc2)c1. The first-order valence-corrected chi connectivity index (χ1v) is 7.47. The minimum absolute atomic E-state index is 0.587.